The second kappa shape index (κ2) is 10.7. The molecule has 8 heteroatoms. The van der Waals surface area contributed by atoms with Crippen molar-refractivity contribution in [3.8, 4) is 16.9 Å². The minimum Gasteiger partial charge on any atom is -0.478 e. The van der Waals surface area contributed by atoms with Crippen molar-refractivity contribution in [1.29, 1.82) is 0 Å². The van der Waals surface area contributed by atoms with Gasteiger partial charge in [0.05, 0.1) is 10.0 Å². The Labute approximate surface area is 200 Å². The molecule has 0 aliphatic heterocycles. The number of carbonyl (C=O) groups excluding carboxylic acids is 1. The molecule has 1 heterocycles. The zero-order valence-electron chi connectivity index (χ0n) is 17.4. The van der Waals surface area contributed by atoms with Gasteiger partial charge in [0.2, 0.25) is 0 Å². The number of carboxylic acids is 1. The molecular weight excluding hydrogens is 469 g/mol. The van der Waals surface area contributed by atoms with E-state index in [9.17, 15) is 14.7 Å². The third kappa shape index (κ3) is 5.51. The van der Waals surface area contributed by atoms with Crippen molar-refractivity contribution in [1.82, 2.24) is 0 Å². The molecule has 1 amide bonds. The van der Waals surface area contributed by atoms with Crippen LogP contribution in [-0.2, 0) is 4.79 Å². The number of amides is 1. The van der Waals surface area contributed by atoms with E-state index in [0.29, 0.717) is 33.3 Å². The quantitative estimate of drug-likeness (QED) is 0.254. The van der Waals surface area contributed by atoms with Gasteiger partial charge in [-0.2, -0.15) is 0 Å². The van der Waals surface area contributed by atoms with Gasteiger partial charge in [0.25, 0.3) is 5.91 Å². The lowest BCUT2D eigenvalue weighted by atomic mass is 10.0. The first-order chi connectivity index (χ1) is 15.3. The SMILES string of the molecule is CCCC=C(Oc1ccccc1C)C(=O)Nc1scc(-c2ccc(Cl)c(Cl)c2)c1C(=O)O. The van der Waals surface area contributed by atoms with Crippen molar-refractivity contribution in [2.24, 2.45) is 0 Å². The fourth-order valence-electron chi connectivity index (χ4n) is 2.95. The Kier molecular flexibility index (Phi) is 7.96. The highest BCUT2D eigenvalue weighted by atomic mass is 35.5. The lowest BCUT2D eigenvalue weighted by Gasteiger charge is -2.12. The van der Waals surface area contributed by atoms with Crippen molar-refractivity contribution < 1.29 is 19.4 Å². The van der Waals surface area contributed by atoms with Crippen LogP contribution in [0.5, 0.6) is 5.75 Å². The molecule has 3 rings (SSSR count). The monoisotopic (exact) mass is 489 g/mol. The molecule has 0 radical (unpaired) electrons. The number of hydrogen-bond donors (Lipinski definition) is 2. The fraction of sp³-hybridized carbons (Fsp3) is 0.167. The van der Waals surface area contributed by atoms with Crippen LogP contribution in [0.2, 0.25) is 10.0 Å². The molecule has 5 nitrogen and oxygen atoms in total. The second-order valence-electron chi connectivity index (χ2n) is 6.97. The summed E-state index contributed by atoms with van der Waals surface area (Å²) in [5.74, 6) is -1.01. The standard InChI is InChI=1S/C24H21Cl2NO4S/c1-3-4-8-20(31-19-9-6-5-7-14(19)2)22(28)27-23-21(24(29)30)16(13-32-23)15-10-11-17(25)18(26)12-15/h5-13H,3-4H2,1-2H3,(H,27,28)(H,29,30). The maximum Gasteiger partial charge on any atom is 0.339 e. The number of nitrogens with one attached hydrogen (secondary N) is 1. The van der Waals surface area contributed by atoms with E-state index in [1.807, 2.05) is 32.0 Å². The van der Waals surface area contributed by atoms with E-state index >= 15 is 0 Å². The minimum atomic E-state index is -1.17. The summed E-state index contributed by atoms with van der Waals surface area (Å²) in [7, 11) is 0. The number of allylic oxidation sites excluding steroid dienone is 1. The van der Waals surface area contributed by atoms with E-state index in [1.165, 1.54) is 0 Å². The average molecular weight is 490 g/mol. The first-order valence-electron chi connectivity index (χ1n) is 9.87. The first kappa shape index (κ1) is 23.9. The Morgan fingerprint density at radius 1 is 1.16 bits per heavy atom. The molecule has 0 aliphatic carbocycles. The number of halogens is 2. The van der Waals surface area contributed by atoms with Gasteiger partial charge in [0.15, 0.2) is 5.76 Å². The molecule has 0 aliphatic rings. The van der Waals surface area contributed by atoms with Crippen LogP contribution < -0.4 is 10.1 Å². The zero-order chi connectivity index (χ0) is 23.3. The zero-order valence-corrected chi connectivity index (χ0v) is 19.8. The Morgan fingerprint density at radius 3 is 2.56 bits per heavy atom. The van der Waals surface area contributed by atoms with Crippen molar-refractivity contribution in [3.05, 3.63) is 80.9 Å². The van der Waals surface area contributed by atoms with Crippen LogP contribution in [0.4, 0.5) is 5.00 Å². The predicted molar refractivity (Wildman–Crippen MR) is 130 cm³/mol. The van der Waals surface area contributed by atoms with Crippen LogP contribution in [-0.4, -0.2) is 17.0 Å². The van der Waals surface area contributed by atoms with E-state index in [2.05, 4.69) is 5.32 Å². The summed E-state index contributed by atoms with van der Waals surface area (Å²) < 4.78 is 5.88. The van der Waals surface area contributed by atoms with Crippen LogP contribution >= 0.6 is 34.5 Å². The smallest absolute Gasteiger partial charge is 0.339 e. The Bertz CT molecular complexity index is 1190. The van der Waals surface area contributed by atoms with E-state index in [-0.39, 0.29) is 16.3 Å². The summed E-state index contributed by atoms with van der Waals surface area (Å²) in [5.41, 5.74) is 1.89. The van der Waals surface area contributed by atoms with E-state index in [4.69, 9.17) is 27.9 Å². The Morgan fingerprint density at radius 2 is 1.91 bits per heavy atom. The van der Waals surface area contributed by atoms with E-state index in [1.54, 1.807) is 35.7 Å². The van der Waals surface area contributed by atoms with Gasteiger partial charge in [0, 0.05) is 10.9 Å². The van der Waals surface area contributed by atoms with Crippen LogP contribution in [0.3, 0.4) is 0 Å². The summed E-state index contributed by atoms with van der Waals surface area (Å²) in [6, 6.07) is 12.2. The van der Waals surface area contributed by atoms with Crippen LogP contribution in [0, 0.1) is 6.92 Å². The molecule has 2 aromatic carbocycles. The Hall–Kier alpha value is -2.80. The molecule has 2 N–H and O–H groups in total. The molecule has 0 fully saturated rings. The van der Waals surface area contributed by atoms with Gasteiger partial charge in [-0.15, -0.1) is 11.3 Å². The van der Waals surface area contributed by atoms with E-state index < -0.39 is 11.9 Å². The normalized spacial score (nSPS) is 11.3. The maximum atomic E-state index is 13.0. The summed E-state index contributed by atoms with van der Waals surface area (Å²) >= 11 is 13.2. The van der Waals surface area contributed by atoms with Gasteiger partial charge in [-0.1, -0.05) is 60.8 Å². The van der Waals surface area contributed by atoms with Gasteiger partial charge < -0.3 is 15.2 Å². The van der Waals surface area contributed by atoms with E-state index in [0.717, 1.165) is 23.3 Å². The highest BCUT2D eigenvalue weighted by Gasteiger charge is 2.23. The second-order valence-corrected chi connectivity index (χ2v) is 8.66. The number of para-hydroxylation sites is 1. The molecule has 0 saturated heterocycles. The number of unbranched alkanes of at least 4 members (excludes halogenated alkanes) is 1. The Balaban J connectivity index is 1.92. The van der Waals surface area contributed by atoms with Crippen LogP contribution in [0.15, 0.2) is 59.7 Å². The van der Waals surface area contributed by atoms with Gasteiger partial charge >= 0.3 is 5.97 Å². The number of carboxylic acid groups (broad SMARTS) is 1. The van der Waals surface area contributed by atoms with Gasteiger partial charge in [-0.3, -0.25) is 4.79 Å². The summed E-state index contributed by atoms with van der Waals surface area (Å²) in [5, 5.41) is 15.1. The third-order valence-electron chi connectivity index (χ3n) is 4.62. The van der Waals surface area contributed by atoms with Gasteiger partial charge in [-0.25, -0.2) is 4.79 Å². The molecule has 166 valence electrons. The molecule has 0 bridgehead atoms. The lowest BCUT2D eigenvalue weighted by Crippen LogP contribution is -2.19. The number of carbonyl (C=O) groups is 2. The molecule has 32 heavy (non-hydrogen) atoms. The highest BCUT2D eigenvalue weighted by molar-refractivity contribution is 7.15. The van der Waals surface area contributed by atoms with Crippen molar-refractivity contribution >= 4 is 51.4 Å². The number of thiophene rings is 1. The third-order valence-corrected chi connectivity index (χ3v) is 6.25. The fourth-order valence-corrected chi connectivity index (χ4v) is 4.20. The number of rotatable bonds is 8. The van der Waals surface area contributed by atoms with Gasteiger partial charge in [-0.05, 0) is 48.7 Å². The molecular formula is C24H21Cl2NO4S. The molecule has 0 unspecified atom stereocenters. The maximum absolute atomic E-state index is 13.0. The topological polar surface area (TPSA) is 75.6 Å². The van der Waals surface area contributed by atoms with Crippen molar-refractivity contribution in [2.75, 3.05) is 5.32 Å². The molecule has 3 aromatic rings. The number of aryl methyl sites for hydroxylation is 1. The number of anilines is 1. The van der Waals surface area contributed by atoms with Crippen LogP contribution in [0.1, 0.15) is 35.7 Å². The molecule has 1 aromatic heterocycles. The lowest BCUT2D eigenvalue weighted by molar-refractivity contribution is -0.114. The highest BCUT2D eigenvalue weighted by Crippen LogP contribution is 2.38. The molecule has 0 spiro atoms. The first-order valence-corrected chi connectivity index (χ1v) is 11.5. The summed E-state index contributed by atoms with van der Waals surface area (Å²) in [6.45, 7) is 3.88. The van der Waals surface area contributed by atoms with Crippen molar-refractivity contribution in [3.63, 3.8) is 0 Å². The predicted octanol–water partition coefficient (Wildman–Crippen LogP) is 7.43. The number of hydrogen-bond acceptors (Lipinski definition) is 4. The number of benzene rings is 2. The minimum absolute atomic E-state index is 0.0209. The summed E-state index contributed by atoms with van der Waals surface area (Å²) in [6.07, 6.45) is 3.17. The van der Waals surface area contributed by atoms with Gasteiger partial charge in [0.1, 0.15) is 16.3 Å². The van der Waals surface area contributed by atoms with Crippen molar-refractivity contribution in [2.45, 2.75) is 26.7 Å². The van der Waals surface area contributed by atoms with Crippen LogP contribution in [0.25, 0.3) is 11.1 Å². The largest absolute Gasteiger partial charge is 0.478 e. The molecule has 0 saturated carbocycles. The number of aromatic carboxylic acids is 1. The number of ether oxygens (including phenoxy) is 1. The summed E-state index contributed by atoms with van der Waals surface area (Å²) in [4.78, 5) is 25.1. The average Bonchev–Trinajstić information content (AvgIpc) is 3.18. The molecule has 0 atom stereocenters.